The number of hydrogen-bond acceptors (Lipinski definition) is 6. The molecule has 1 unspecified atom stereocenters. The van der Waals surface area contributed by atoms with Crippen LogP contribution in [0.5, 0.6) is 5.75 Å². The van der Waals surface area contributed by atoms with Crippen molar-refractivity contribution in [3.63, 3.8) is 0 Å². The van der Waals surface area contributed by atoms with E-state index in [4.69, 9.17) is 9.47 Å². The van der Waals surface area contributed by atoms with E-state index in [1.54, 1.807) is 31.3 Å². The summed E-state index contributed by atoms with van der Waals surface area (Å²) >= 11 is 0. The highest BCUT2D eigenvalue weighted by molar-refractivity contribution is 5.85. The second-order valence-electron chi connectivity index (χ2n) is 12.1. The zero-order valence-electron chi connectivity index (χ0n) is 24.6. The highest BCUT2D eigenvalue weighted by atomic mass is 19.1. The number of carbonyl (C=O) groups excluding carboxylic acids is 2. The third kappa shape index (κ3) is 5.35. The molecule has 2 aromatic rings. The average molecular weight is 569 g/mol. The number of ether oxygens (including phenoxy) is 2. The molecular weight excluding hydrogens is 525 g/mol. The van der Waals surface area contributed by atoms with Crippen LogP contribution in [-0.2, 0) is 15.1 Å². The van der Waals surface area contributed by atoms with E-state index in [-0.39, 0.29) is 22.2 Å². The molecule has 2 amide bonds. The number of nitrogens with one attached hydrogen (secondary N) is 1. The summed E-state index contributed by atoms with van der Waals surface area (Å²) < 4.78 is 26.4. The Morgan fingerprint density at radius 3 is 2.66 bits per heavy atom. The van der Waals surface area contributed by atoms with Gasteiger partial charge in [-0.3, -0.25) is 4.79 Å². The van der Waals surface area contributed by atoms with Gasteiger partial charge in [0.2, 0.25) is 5.91 Å². The summed E-state index contributed by atoms with van der Waals surface area (Å²) in [5, 5.41) is 16.0. The molecule has 0 radical (unpaired) electrons. The summed E-state index contributed by atoms with van der Waals surface area (Å²) in [6.45, 7) is 1.45. The summed E-state index contributed by atoms with van der Waals surface area (Å²) in [5.41, 5.74) is 0.539. The standard InChI is InChI=1S/C32H43FN3O5/c1-34-24-12-11-21(16-24)30(37)35-14-6-8-23(20-35)32(39)13-7-15-36(2,31(38)41-4)25-17-22(18-26(19-25)40-3)29-27(32)9-5-10-28(29)33/h5,9-10,17-19,21,23-24,34,39H,6-8,11-16,20H2,1-4H3/q+1/t21-,23-,24+,32+,36?/m1/s1. The topological polar surface area (TPSA) is 88.1 Å². The van der Waals surface area contributed by atoms with Crippen molar-refractivity contribution in [1.29, 1.82) is 0 Å². The van der Waals surface area contributed by atoms with Gasteiger partial charge in [-0.1, -0.05) is 12.1 Å². The zero-order valence-corrected chi connectivity index (χ0v) is 24.6. The molecule has 1 saturated carbocycles. The van der Waals surface area contributed by atoms with Crippen LogP contribution >= 0.6 is 0 Å². The van der Waals surface area contributed by atoms with Gasteiger partial charge in [0, 0.05) is 55.1 Å². The van der Waals surface area contributed by atoms with Gasteiger partial charge in [0.05, 0.1) is 33.4 Å². The molecule has 2 N–H and O–H groups in total. The van der Waals surface area contributed by atoms with Crippen LogP contribution in [0.15, 0.2) is 36.4 Å². The largest absolute Gasteiger partial charge is 0.520 e. The fourth-order valence-electron chi connectivity index (χ4n) is 7.35. The van der Waals surface area contributed by atoms with Gasteiger partial charge in [-0.2, -0.15) is 9.28 Å². The molecule has 2 aromatic carbocycles. The molecule has 9 heteroatoms. The molecule has 2 fully saturated rings. The molecule has 5 rings (SSSR count). The summed E-state index contributed by atoms with van der Waals surface area (Å²) in [5.74, 6) is -0.120. The number of halogens is 1. The number of benzene rings is 2. The van der Waals surface area contributed by atoms with Gasteiger partial charge in [-0.15, -0.1) is 0 Å². The van der Waals surface area contributed by atoms with Crippen molar-refractivity contribution < 1.29 is 28.6 Å². The average Bonchev–Trinajstić information content (AvgIpc) is 3.48. The summed E-state index contributed by atoms with van der Waals surface area (Å²) in [4.78, 5) is 28.7. The second-order valence-corrected chi connectivity index (χ2v) is 12.1. The van der Waals surface area contributed by atoms with Crippen LogP contribution in [0.2, 0.25) is 0 Å². The van der Waals surface area contributed by atoms with E-state index in [0.29, 0.717) is 73.1 Å². The van der Waals surface area contributed by atoms with Crippen molar-refractivity contribution in [1.82, 2.24) is 14.7 Å². The quantitative estimate of drug-likeness (QED) is 0.515. The normalized spacial score (nSPS) is 29.9. The molecule has 222 valence electrons. The maximum atomic E-state index is 15.8. The first-order valence-corrected chi connectivity index (χ1v) is 14.8. The SMILES string of the molecule is CN[C@H]1CC[C@@H](C(=O)N2CCC[C@@H]([C@@]3(O)CCC[N+](C)(C(=O)OC)c4cc(OC)cc(c4)-c4c(F)cccc43)C2)C1. The molecule has 8 nitrogen and oxygen atoms in total. The molecule has 5 atom stereocenters. The smallest absolute Gasteiger partial charge is 0.497 e. The van der Waals surface area contributed by atoms with Crippen molar-refractivity contribution in [2.24, 2.45) is 11.8 Å². The molecule has 2 heterocycles. The fraction of sp³-hybridized carbons (Fsp3) is 0.562. The first-order chi connectivity index (χ1) is 19.6. The Kier molecular flexibility index (Phi) is 8.41. The second kappa shape index (κ2) is 11.7. The van der Waals surface area contributed by atoms with E-state index < -0.39 is 17.5 Å². The Labute approximate surface area is 242 Å². The van der Waals surface area contributed by atoms with Crippen molar-refractivity contribution >= 4 is 17.7 Å². The number of rotatable bonds is 4. The van der Waals surface area contributed by atoms with E-state index in [0.717, 1.165) is 25.7 Å². The number of methoxy groups -OCH3 is 2. The number of carbonyl (C=O) groups is 2. The van der Waals surface area contributed by atoms with Crippen LogP contribution in [0, 0.1) is 17.7 Å². The molecule has 0 spiro atoms. The van der Waals surface area contributed by atoms with Crippen LogP contribution in [0.4, 0.5) is 14.9 Å². The third-order valence-electron chi connectivity index (χ3n) is 9.80. The molecule has 1 aliphatic carbocycles. The van der Waals surface area contributed by atoms with Crippen molar-refractivity contribution in [2.45, 2.75) is 56.6 Å². The van der Waals surface area contributed by atoms with Crippen LogP contribution in [0.3, 0.4) is 0 Å². The first kappa shape index (κ1) is 29.5. The Hall–Kier alpha value is -3.01. The van der Waals surface area contributed by atoms with Crippen LogP contribution < -0.4 is 14.5 Å². The lowest BCUT2D eigenvalue weighted by atomic mass is 9.71. The van der Waals surface area contributed by atoms with Crippen LogP contribution in [0.1, 0.15) is 50.5 Å². The number of piperidine rings is 1. The maximum absolute atomic E-state index is 15.8. The van der Waals surface area contributed by atoms with E-state index in [1.165, 1.54) is 20.3 Å². The Morgan fingerprint density at radius 1 is 1.15 bits per heavy atom. The minimum atomic E-state index is -1.42. The predicted octanol–water partition coefficient (Wildman–Crippen LogP) is 4.81. The summed E-state index contributed by atoms with van der Waals surface area (Å²) in [6, 6.07) is 10.5. The van der Waals surface area contributed by atoms with Crippen molar-refractivity contribution in [2.75, 3.05) is 47.9 Å². The van der Waals surface area contributed by atoms with Gasteiger partial charge in [0.1, 0.15) is 17.3 Å². The van der Waals surface area contributed by atoms with E-state index in [9.17, 15) is 14.7 Å². The highest BCUT2D eigenvalue weighted by Gasteiger charge is 2.46. The van der Waals surface area contributed by atoms with Gasteiger partial charge in [0.25, 0.3) is 0 Å². The van der Waals surface area contributed by atoms with Gasteiger partial charge < -0.3 is 24.8 Å². The monoisotopic (exact) mass is 568 g/mol. The number of likely N-dealkylation sites (tertiary alicyclic amines) is 1. The molecule has 2 bridgehead atoms. The number of hydrogen-bond donors (Lipinski definition) is 2. The number of nitrogens with zero attached hydrogens (tertiary/aromatic N) is 2. The van der Waals surface area contributed by atoms with E-state index >= 15 is 4.39 Å². The number of aliphatic hydroxyl groups is 1. The first-order valence-electron chi connectivity index (χ1n) is 14.8. The highest BCUT2D eigenvalue weighted by Crippen LogP contribution is 2.47. The Balaban J connectivity index is 1.58. The van der Waals surface area contributed by atoms with Gasteiger partial charge in [-0.05, 0) is 68.8 Å². The summed E-state index contributed by atoms with van der Waals surface area (Å²) in [7, 11) is 6.60. The van der Waals surface area contributed by atoms with Crippen molar-refractivity contribution in [3.8, 4) is 16.9 Å². The number of quaternary nitrogens is 1. The number of amides is 2. The minimum Gasteiger partial charge on any atom is -0.497 e. The lowest BCUT2D eigenvalue weighted by Crippen LogP contribution is -2.53. The molecule has 41 heavy (non-hydrogen) atoms. The lowest BCUT2D eigenvalue weighted by Gasteiger charge is -2.44. The lowest BCUT2D eigenvalue weighted by molar-refractivity contribution is -0.141. The summed E-state index contributed by atoms with van der Waals surface area (Å²) in [6.07, 6.45) is 4.50. The fourth-order valence-corrected chi connectivity index (χ4v) is 7.35. The molecule has 0 aromatic heterocycles. The zero-order chi connectivity index (χ0) is 29.4. The molecular formula is C32H43FN3O5+. The molecule has 2 aliphatic heterocycles. The van der Waals surface area contributed by atoms with Crippen LogP contribution in [0.25, 0.3) is 11.1 Å². The van der Waals surface area contributed by atoms with Gasteiger partial charge in [0.15, 0.2) is 0 Å². The Morgan fingerprint density at radius 2 is 1.95 bits per heavy atom. The van der Waals surface area contributed by atoms with Gasteiger partial charge in [-0.25, -0.2) is 4.39 Å². The van der Waals surface area contributed by atoms with Crippen LogP contribution in [-0.4, -0.2) is 76.0 Å². The minimum absolute atomic E-state index is 0.0112. The third-order valence-corrected chi connectivity index (χ3v) is 9.80. The predicted molar refractivity (Wildman–Crippen MR) is 156 cm³/mol. The van der Waals surface area contributed by atoms with Gasteiger partial charge >= 0.3 is 6.09 Å². The Bertz CT molecular complexity index is 1300. The molecule has 3 aliphatic rings. The van der Waals surface area contributed by atoms with E-state index in [1.807, 2.05) is 18.0 Å². The molecule has 1 saturated heterocycles. The maximum Gasteiger partial charge on any atom is 0.520 e. The van der Waals surface area contributed by atoms with E-state index in [2.05, 4.69) is 5.32 Å². The number of fused-ring (bicyclic) bond motifs is 4. The van der Waals surface area contributed by atoms with Crippen molar-refractivity contribution in [3.05, 3.63) is 47.8 Å².